The lowest BCUT2D eigenvalue weighted by atomic mass is 10.0. The number of hydrogen-bond acceptors (Lipinski definition) is 5. The fourth-order valence-electron chi connectivity index (χ4n) is 2.00. The van der Waals surface area contributed by atoms with Crippen molar-refractivity contribution >= 4 is 11.9 Å². The number of carbonyl (C=O) groups excluding carboxylic acids is 2. The van der Waals surface area contributed by atoms with Crippen LogP contribution in [-0.4, -0.2) is 41.0 Å². The fraction of sp³-hybridized carbons (Fsp3) is 0.583. The Labute approximate surface area is 111 Å². The normalized spacial score (nSPS) is 17.6. The molecule has 19 heavy (non-hydrogen) atoms. The van der Waals surface area contributed by atoms with Crippen LogP contribution in [0.3, 0.4) is 0 Å². The number of nitrogens with zero attached hydrogens (tertiary/aromatic N) is 1. The molecule has 0 aromatic carbocycles. The van der Waals surface area contributed by atoms with Crippen molar-refractivity contribution in [3.05, 3.63) is 17.7 Å². The highest BCUT2D eigenvalue weighted by atomic mass is 16.5. The van der Waals surface area contributed by atoms with E-state index in [0.29, 0.717) is 26.1 Å². The average Bonchev–Trinajstić information content (AvgIpc) is 2.86. The number of ether oxygens (including phenoxy) is 1. The van der Waals surface area contributed by atoms with E-state index in [9.17, 15) is 9.59 Å². The number of aromatic amines is 1. The molecule has 0 radical (unpaired) electrons. The van der Waals surface area contributed by atoms with Gasteiger partial charge in [-0.2, -0.15) is 0 Å². The molecule has 2 rings (SSSR count). The minimum Gasteiger partial charge on any atom is -0.466 e. The van der Waals surface area contributed by atoms with Crippen molar-refractivity contribution in [1.29, 1.82) is 0 Å². The Morgan fingerprint density at radius 3 is 3.21 bits per heavy atom. The Morgan fingerprint density at radius 2 is 2.42 bits per heavy atom. The number of rotatable bonds is 5. The number of amides is 1. The van der Waals surface area contributed by atoms with Crippen molar-refractivity contribution in [3.8, 4) is 0 Å². The van der Waals surface area contributed by atoms with Crippen LogP contribution in [0.15, 0.2) is 6.33 Å². The minimum absolute atomic E-state index is 0.113. The summed E-state index contributed by atoms with van der Waals surface area (Å²) >= 11 is 0. The van der Waals surface area contributed by atoms with Crippen LogP contribution in [0.2, 0.25) is 0 Å². The molecule has 0 bridgehead atoms. The highest BCUT2D eigenvalue weighted by Crippen LogP contribution is 2.11. The molecule has 1 aromatic rings. The Morgan fingerprint density at radius 1 is 1.58 bits per heavy atom. The lowest BCUT2D eigenvalue weighted by Crippen LogP contribution is -2.48. The quantitative estimate of drug-likeness (QED) is 0.624. The molecule has 0 saturated carbocycles. The Balaban J connectivity index is 1.74. The molecule has 3 N–H and O–H groups in total. The van der Waals surface area contributed by atoms with Gasteiger partial charge >= 0.3 is 5.97 Å². The second kappa shape index (κ2) is 6.33. The molecule has 0 aliphatic carbocycles. The first-order valence-corrected chi connectivity index (χ1v) is 6.38. The molecule has 7 nitrogen and oxygen atoms in total. The maximum Gasteiger partial charge on any atom is 0.307 e. The van der Waals surface area contributed by atoms with E-state index in [1.165, 1.54) is 0 Å². The highest BCUT2D eigenvalue weighted by Gasteiger charge is 2.25. The number of carbonyl (C=O) groups is 2. The van der Waals surface area contributed by atoms with Gasteiger partial charge in [0.2, 0.25) is 5.91 Å². The van der Waals surface area contributed by atoms with Gasteiger partial charge in [0.05, 0.1) is 36.8 Å². The van der Waals surface area contributed by atoms with Crippen LogP contribution in [0, 0.1) is 0 Å². The molecule has 1 amide bonds. The third kappa shape index (κ3) is 3.54. The summed E-state index contributed by atoms with van der Waals surface area (Å²) in [5, 5.41) is 5.85. The van der Waals surface area contributed by atoms with Gasteiger partial charge in [-0.15, -0.1) is 0 Å². The van der Waals surface area contributed by atoms with Crippen LogP contribution in [-0.2, 0) is 27.3 Å². The van der Waals surface area contributed by atoms with Gasteiger partial charge in [0.25, 0.3) is 0 Å². The number of hydrogen-bond donors (Lipinski definition) is 3. The summed E-state index contributed by atoms with van der Waals surface area (Å²) in [7, 11) is 0. The first-order chi connectivity index (χ1) is 9.20. The van der Waals surface area contributed by atoms with Crippen LogP contribution in [0.5, 0.6) is 0 Å². The average molecular weight is 266 g/mol. The van der Waals surface area contributed by atoms with Crippen molar-refractivity contribution in [2.24, 2.45) is 0 Å². The van der Waals surface area contributed by atoms with Crippen molar-refractivity contribution in [2.75, 3.05) is 13.2 Å². The van der Waals surface area contributed by atoms with E-state index in [2.05, 4.69) is 20.6 Å². The van der Waals surface area contributed by atoms with Crippen molar-refractivity contribution in [2.45, 2.75) is 32.4 Å². The second-order valence-corrected chi connectivity index (χ2v) is 4.31. The van der Waals surface area contributed by atoms with Gasteiger partial charge in [-0.3, -0.25) is 14.9 Å². The third-order valence-electron chi connectivity index (χ3n) is 2.98. The summed E-state index contributed by atoms with van der Waals surface area (Å²) in [4.78, 5) is 30.2. The monoisotopic (exact) mass is 266 g/mol. The van der Waals surface area contributed by atoms with E-state index < -0.39 is 0 Å². The summed E-state index contributed by atoms with van der Waals surface area (Å²) in [5.41, 5.74) is 1.94. The van der Waals surface area contributed by atoms with Crippen LogP contribution in [0.25, 0.3) is 0 Å². The summed E-state index contributed by atoms with van der Waals surface area (Å²) in [6.45, 7) is 3.01. The van der Waals surface area contributed by atoms with Gasteiger partial charge in [-0.05, 0) is 6.92 Å². The molecule has 0 fully saturated rings. The van der Waals surface area contributed by atoms with Crippen LogP contribution < -0.4 is 10.6 Å². The maximum absolute atomic E-state index is 11.9. The predicted octanol–water partition coefficient (Wildman–Crippen LogP) is -0.507. The SMILES string of the molecule is CCOC(=O)CCNC(=O)C1Cc2nc[nH]c2CN1. The zero-order valence-corrected chi connectivity index (χ0v) is 10.9. The van der Waals surface area contributed by atoms with Gasteiger partial charge in [0.1, 0.15) is 0 Å². The lowest BCUT2D eigenvalue weighted by Gasteiger charge is -2.22. The van der Waals surface area contributed by atoms with E-state index in [0.717, 1.165) is 11.4 Å². The minimum atomic E-state index is -0.297. The molecular weight excluding hydrogens is 248 g/mol. The molecule has 1 aromatic heterocycles. The number of imidazole rings is 1. The number of aromatic nitrogens is 2. The van der Waals surface area contributed by atoms with Gasteiger partial charge in [-0.25, -0.2) is 4.98 Å². The van der Waals surface area contributed by atoms with E-state index in [4.69, 9.17) is 4.74 Å². The standard InChI is InChI=1S/C12H18N4O3/c1-2-19-11(17)3-4-13-12(18)9-5-8-10(6-14-9)16-7-15-8/h7,9,14H,2-6H2,1H3,(H,13,18)(H,15,16). The summed E-state index contributed by atoms with van der Waals surface area (Å²) < 4.78 is 4.79. The number of esters is 1. The molecule has 1 aliphatic heterocycles. The largest absolute Gasteiger partial charge is 0.466 e. The maximum atomic E-state index is 11.9. The predicted molar refractivity (Wildman–Crippen MR) is 67.2 cm³/mol. The Hall–Kier alpha value is -1.89. The van der Waals surface area contributed by atoms with E-state index in [-0.39, 0.29) is 24.3 Å². The molecule has 1 unspecified atom stereocenters. The summed E-state index contributed by atoms with van der Waals surface area (Å²) in [6.07, 6.45) is 2.39. The first-order valence-electron chi connectivity index (χ1n) is 6.38. The smallest absolute Gasteiger partial charge is 0.307 e. The summed E-state index contributed by atoms with van der Waals surface area (Å²) in [6, 6.07) is -0.294. The van der Waals surface area contributed by atoms with Gasteiger partial charge in [-0.1, -0.05) is 0 Å². The second-order valence-electron chi connectivity index (χ2n) is 4.31. The van der Waals surface area contributed by atoms with E-state index >= 15 is 0 Å². The third-order valence-corrected chi connectivity index (χ3v) is 2.98. The van der Waals surface area contributed by atoms with E-state index in [1.807, 2.05) is 0 Å². The number of fused-ring (bicyclic) bond motifs is 1. The van der Waals surface area contributed by atoms with Gasteiger partial charge < -0.3 is 15.0 Å². The zero-order chi connectivity index (χ0) is 13.7. The molecule has 0 saturated heterocycles. The molecule has 2 heterocycles. The molecular formula is C12H18N4O3. The Kier molecular flexibility index (Phi) is 4.51. The first kappa shape index (κ1) is 13.5. The lowest BCUT2D eigenvalue weighted by molar-refractivity contribution is -0.143. The molecule has 1 aliphatic rings. The number of H-pyrrole nitrogens is 1. The molecule has 0 spiro atoms. The van der Waals surface area contributed by atoms with E-state index in [1.54, 1.807) is 13.3 Å². The molecule has 7 heteroatoms. The van der Waals surface area contributed by atoms with Gasteiger partial charge in [0.15, 0.2) is 0 Å². The molecule has 104 valence electrons. The topological polar surface area (TPSA) is 96.1 Å². The molecule has 1 atom stereocenters. The van der Waals surface area contributed by atoms with Crippen molar-refractivity contribution < 1.29 is 14.3 Å². The van der Waals surface area contributed by atoms with Crippen LogP contribution in [0.1, 0.15) is 24.7 Å². The fourth-order valence-corrected chi connectivity index (χ4v) is 2.00. The zero-order valence-electron chi connectivity index (χ0n) is 10.9. The van der Waals surface area contributed by atoms with Crippen LogP contribution in [0.4, 0.5) is 0 Å². The highest BCUT2D eigenvalue weighted by molar-refractivity contribution is 5.82. The number of nitrogens with one attached hydrogen (secondary N) is 3. The van der Waals surface area contributed by atoms with Crippen molar-refractivity contribution in [1.82, 2.24) is 20.6 Å². The Bertz CT molecular complexity index is 458. The van der Waals surface area contributed by atoms with Crippen molar-refractivity contribution in [3.63, 3.8) is 0 Å². The van der Waals surface area contributed by atoms with Crippen LogP contribution >= 0.6 is 0 Å². The summed E-state index contributed by atoms with van der Waals surface area (Å²) in [5.74, 6) is -0.410. The van der Waals surface area contributed by atoms with Gasteiger partial charge in [0, 0.05) is 19.5 Å².